The quantitative estimate of drug-likeness (QED) is 0.716. The summed E-state index contributed by atoms with van der Waals surface area (Å²) in [7, 11) is 1.69. The largest absolute Gasteiger partial charge is 0.387 e. The van der Waals surface area contributed by atoms with Gasteiger partial charge in [0.05, 0.1) is 31.3 Å². The topological polar surface area (TPSA) is 64.3 Å². The lowest BCUT2D eigenvalue weighted by molar-refractivity contribution is -0.164. The number of methoxy groups -OCH3 is 1. The van der Waals surface area contributed by atoms with Crippen LogP contribution >= 0.6 is 0 Å². The van der Waals surface area contributed by atoms with Gasteiger partial charge in [-0.15, -0.1) is 0 Å². The molecule has 178 valence electrons. The van der Waals surface area contributed by atoms with Crippen LogP contribution in [0.25, 0.3) is 0 Å². The second-order valence-electron chi connectivity index (χ2n) is 12.0. The van der Waals surface area contributed by atoms with Gasteiger partial charge >= 0.3 is 0 Å². The first-order valence-corrected chi connectivity index (χ1v) is 12.6. The lowest BCUT2D eigenvalue weighted by Crippen LogP contribution is -2.56. The zero-order valence-corrected chi connectivity index (χ0v) is 19.9. The fourth-order valence-corrected chi connectivity index (χ4v) is 8.96. The van der Waals surface area contributed by atoms with Crippen molar-refractivity contribution in [1.82, 2.24) is 9.55 Å². The summed E-state index contributed by atoms with van der Waals surface area (Å²) in [5.41, 5.74) is -0.306. The molecule has 5 rings (SSSR count). The number of Topliss-reactive ketones (excluding diaryl/α,β-unsaturated/α-hetero) is 1. The van der Waals surface area contributed by atoms with Crippen LogP contribution in [0.15, 0.2) is 12.5 Å². The molecule has 0 bridgehead atoms. The Labute approximate surface area is 191 Å². The number of carbonyl (C=O) groups excluding carboxylic acids is 1. The van der Waals surface area contributed by atoms with E-state index in [2.05, 4.69) is 18.8 Å². The van der Waals surface area contributed by atoms with Crippen LogP contribution in [0.1, 0.15) is 71.6 Å². The molecule has 0 spiro atoms. The van der Waals surface area contributed by atoms with E-state index in [1.54, 1.807) is 11.7 Å². The molecular weight excluding hydrogens is 407 g/mol. The SMILES string of the molecule is COC[C@@]1(O)CC[C@@]2(C)[C@@H](CC[C@@H]3[C@@H]2CC[C@]2(C)C(C(=O)Cn4cnc(F)c4)CC[C@@H]32)C1. The number of imidazole rings is 1. The van der Waals surface area contributed by atoms with Gasteiger partial charge in [0.1, 0.15) is 0 Å². The normalized spacial score (nSPS) is 45.7. The molecule has 1 aromatic heterocycles. The molecular formula is C26H39FN2O3. The molecule has 0 aromatic carbocycles. The Hall–Kier alpha value is -1.27. The first kappa shape index (κ1) is 22.5. The molecule has 0 saturated heterocycles. The van der Waals surface area contributed by atoms with Gasteiger partial charge < -0.3 is 14.4 Å². The van der Waals surface area contributed by atoms with Crippen LogP contribution in [0.4, 0.5) is 4.39 Å². The summed E-state index contributed by atoms with van der Waals surface area (Å²) in [6.45, 7) is 5.54. The number of fused-ring (bicyclic) bond motifs is 5. The zero-order chi connectivity index (χ0) is 22.7. The van der Waals surface area contributed by atoms with E-state index in [1.807, 2.05) is 0 Å². The number of halogens is 1. The maximum absolute atomic E-state index is 13.3. The number of hydrogen-bond donors (Lipinski definition) is 1. The molecule has 0 aliphatic heterocycles. The van der Waals surface area contributed by atoms with Crippen molar-refractivity contribution >= 4 is 5.78 Å². The highest BCUT2D eigenvalue weighted by atomic mass is 19.1. The van der Waals surface area contributed by atoms with E-state index in [-0.39, 0.29) is 23.7 Å². The predicted molar refractivity (Wildman–Crippen MR) is 119 cm³/mol. The highest BCUT2D eigenvalue weighted by Gasteiger charge is 2.62. The monoisotopic (exact) mass is 446 g/mol. The van der Waals surface area contributed by atoms with E-state index in [0.29, 0.717) is 35.7 Å². The standard InChI is InChI=1S/C26H39FN2O3/c1-24-10-11-26(31,15-32-3)12-17(24)4-5-18-19-6-7-21(25(19,2)9-8-20(18)24)22(30)13-29-14-23(27)28-16-29/h14,16-21,31H,4-13,15H2,1-3H3/t17-,18-,19-,20-,21?,24-,25-,26+/m0/s1. The third-order valence-electron chi connectivity index (χ3n) is 10.6. The summed E-state index contributed by atoms with van der Waals surface area (Å²) in [6.07, 6.45) is 12.3. The smallest absolute Gasteiger partial charge is 0.230 e. The molecule has 1 aromatic rings. The second kappa shape index (κ2) is 7.90. The van der Waals surface area contributed by atoms with Crippen molar-refractivity contribution in [3.05, 3.63) is 18.5 Å². The minimum atomic E-state index is -0.660. The van der Waals surface area contributed by atoms with E-state index < -0.39 is 11.5 Å². The first-order chi connectivity index (χ1) is 15.2. The molecule has 4 aliphatic rings. The highest BCUT2D eigenvalue weighted by molar-refractivity contribution is 5.82. The van der Waals surface area contributed by atoms with Gasteiger partial charge in [-0.1, -0.05) is 13.8 Å². The van der Waals surface area contributed by atoms with E-state index in [4.69, 9.17) is 4.74 Å². The Morgan fingerprint density at radius 3 is 2.66 bits per heavy atom. The predicted octanol–water partition coefficient (Wildman–Crippen LogP) is 4.63. The number of rotatable bonds is 5. The van der Waals surface area contributed by atoms with E-state index in [9.17, 15) is 14.3 Å². The summed E-state index contributed by atoms with van der Waals surface area (Å²) < 4.78 is 20.2. The van der Waals surface area contributed by atoms with Gasteiger partial charge in [0, 0.05) is 13.0 Å². The number of aliphatic hydroxyl groups is 1. The van der Waals surface area contributed by atoms with Gasteiger partial charge in [-0.05, 0) is 92.3 Å². The van der Waals surface area contributed by atoms with Crippen LogP contribution < -0.4 is 0 Å². The first-order valence-electron chi connectivity index (χ1n) is 12.6. The van der Waals surface area contributed by atoms with Gasteiger partial charge in [-0.2, -0.15) is 4.39 Å². The molecule has 1 unspecified atom stereocenters. The summed E-state index contributed by atoms with van der Waals surface area (Å²) >= 11 is 0. The van der Waals surface area contributed by atoms with Gasteiger partial charge in [-0.25, -0.2) is 4.98 Å². The van der Waals surface area contributed by atoms with Crippen molar-refractivity contribution in [3.63, 3.8) is 0 Å². The third kappa shape index (κ3) is 3.48. The number of nitrogens with zero attached hydrogens (tertiary/aromatic N) is 2. The van der Waals surface area contributed by atoms with Crippen molar-refractivity contribution < 1.29 is 19.0 Å². The number of ether oxygens (including phenoxy) is 1. The molecule has 0 amide bonds. The molecule has 0 radical (unpaired) electrons. The van der Waals surface area contributed by atoms with Gasteiger partial charge in [0.15, 0.2) is 5.78 Å². The van der Waals surface area contributed by atoms with Crippen LogP contribution in [0.2, 0.25) is 0 Å². The molecule has 5 nitrogen and oxygen atoms in total. The van der Waals surface area contributed by atoms with Crippen molar-refractivity contribution in [1.29, 1.82) is 0 Å². The molecule has 4 aliphatic carbocycles. The fourth-order valence-electron chi connectivity index (χ4n) is 8.96. The van der Waals surface area contributed by atoms with E-state index >= 15 is 0 Å². The van der Waals surface area contributed by atoms with Crippen LogP contribution in [0.5, 0.6) is 0 Å². The summed E-state index contributed by atoms with van der Waals surface area (Å²) in [5.74, 6) is 2.35. The van der Waals surface area contributed by atoms with Crippen molar-refractivity contribution in [2.24, 2.45) is 40.4 Å². The van der Waals surface area contributed by atoms with Gasteiger partial charge in [0.2, 0.25) is 5.95 Å². The minimum Gasteiger partial charge on any atom is -0.387 e. The Balaban J connectivity index is 1.32. The molecule has 8 atom stereocenters. The molecule has 32 heavy (non-hydrogen) atoms. The Bertz CT molecular complexity index is 873. The molecule has 1 N–H and O–H groups in total. The van der Waals surface area contributed by atoms with Gasteiger partial charge in [-0.3, -0.25) is 4.79 Å². The summed E-state index contributed by atoms with van der Waals surface area (Å²) in [5, 5.41) is 11.0. The van der Waals surface area contributed by atoms with E-state index in [1.165, 1.54) is 31.8 Å². The number of hydrogen-bond acceptors (Lipinski definition) is 4. The maximum Gasteiger partial charge on any atom is 0.230 e. The second-order valence-corrected chi connectivity index (χ2v) is 12.0. The number of carbonyl (C=O) groups is 1. The fraction of sp³-hybridized carbons (Fsp3) is 0.846. The lowest BCUT2D eigenvalue weighted by Gasteiger charge is -2.62. The van der Waals surface area contributed by atoms with Crippen LogP contribution in [0.3, 0.4) is 0 Å². The average molecular weight is 447 g/mol. The van der Waals surface area contributed by atoms with Crippen LogP contribution in [-0.4, -0.2) is 39.8 Å². The summed E-state index contributed by atoms with van der Waals surface area (Å²) in [6, 6.07) is 0. The maximum atomic E-state index is 13.3. The minimum absolute atomic E-state index is 0.0615. The zero-order valence-electron chi connectivity index (χ0n) is 19.9. The highest BCUT2D eigenvalue weighted by Crippen LogP contribution is 2.68. The van der Waals surface area contributed by atoms with Crippen molar-refractivity contribution in [2.45, 2.75) is 83.8 Å². The van der Waals surface area contributed by atoms with E-state index in [0.717, 1.165) is 38.5 Å². The van der Waals surface area contributed by atoms with Gasteiger partial charge in [0.25, 0.3) is 0 Å². The number of ketones is 1. The molecule has 1 heterocycles. The average Bonchev–Trinajstić information content (AvgIpc) is 3.31. The lowest BCUT2D eigenvalue weighted by atomic mass is 9.44. The Kier molecular flexibility index (Phi) is 5.56. The Morgan fingerprint density at radius 1 is 1.16 bits per heavy atom. The van der Waals surface area contributed by atoms with Crippen molar-refractivity contribution in [3.8, 4) is 0 Å². The molecule has 4 saturated carbocycles. The van der Waals surface area contributed by atoms with Crippen LogP contribution in [0, 0.1) is 46.4 Å². The Morgan fingerprint density at radius 2 is 1.94 bits per heavy atom. The third-order valence-corrected chi connectivity index (χ3v) is 10.6. The van der Waals surface area contributed by atoms with Crippen molar-refractivity contribution in [2.75, 3.05) is 13.7 Å². The molecule has 6 heteroatoms. The molecule has 4 fully saturated rings. The summed E-state index contributed by atoms with van der Waals surface area (Å²) in [4.78, 5) is 16.9. The van der Waals surface area contributed by atoms with Crippen LogP contribution in [-0.2, 0) is 16.1 Å². The number of aromatic nitrogens is 2.